The molecule has 0 spiro atoms. The fourth-order valence-electron chi connectivity index (χ4n) is 3.88. The van der Waals surface area contributed by atoms with Crippen LogP contribution in [0.15, 0.2) is 72.8 Å². The van der Waals surface area contributed by atoms with Gasteiger partial charge in [0.1, 0.15) is 12.6 Å². The molecule has 0 saturated carbocycles. The first-order chi connectivity index (χ1) is 17.5. The molecule has 0 radical (unpaired) electrons. The molecule has 3 aromatic rings. The van der Waals surface area contributed by atoms with Gasteiger partial charge in [-0.25, -0.2) is 8.42 Å². The Morgan fingerprint density at radius 2 is 1.62 bits per heavy atom. The van der Waals surface area contributed by atoms with Crippen LogP contribution in [0, 0.1) is 6.92 Å². The molecule has 10 heteroatoms. The van der Waals surface area contributed by atoms with Gasteiger partial charge < -0.3 is 10.2 Å². The van der Waals surface area contributed by atoms with Gasteiger partial charge in [0.2, 0.25) is 21.8 Å². The quantitative estimate of drug-likeness (QED) is 0.396. The number of likely N-dealkylation sites (N-methyl/N-ethyl adjacent to an activating group) is 1. The normalized spacial score (nSPS) is 12.0. The van der Waals surface area contributed by atoms with Gasteiger partial charge in [-0.3, -0.25) is 13.9 Å². The summed E-state index contributed by atoms with van der Waals surface area (Å²) in [4.78, 5) is 28.3. The molecule has 0 aromatic heterocycles. The SMILES string of the molecule is CNC(=O)[C@@H](Cc1ccccc1)N(Cc1ccc(Cl)cc1Cl)C(=O)CN(c1ccc(C)cc1)S(C)(=O)=O. The smallest absolute Gasteiger partial charge is 0.244 e. The van der Waals surface area contributed by atoms with Crippen molar-refractivity contribution in [3.05, 3.63) is 99.5 Å². The number of hydrogen-bond acceptors (Lipinski definition) is 4. The van der Waals surface area contributed by atoms with Crippen molar-refractivity contribution in [3.8, 4) is 0 Å². The third kappa shape index (κ3) is 7.71. The van der Waals surface area contributed by atoms with Gasteiger partial charge in [-0.15, -0.1) is 0 Å². The fourth-order valence-corrected chi connectivity index (χ4v) is 5.20. The van der Waals surface area contributed by atoms with Crippen molar-refractivity contribution >= 4 is 50.7 Å². The predicted octanol–water partition coefficient (Wildman–Crippen LogP) is 4.45. The minimum atomic E-state index is -3.81. The van der Waals surface area contributed by atoms with Crippen LogP contribution in [-0.4, -0.2) is 51.0 Å². The molecule has 37 heavy (non-hydrogen) atoms. The van der Waals surface area contributed by atoms with Gasteiger partial charge in [-0.2, -0.15) is 0 Å². The number of halogens is 2. The van der Waals surface area contributed by atoms with E-state index in [1.807, 2.05) is 37.3 Å². The van der Waals surface area contributed by atoms with Gasteiger partial charge in [-0.05, 0) is 42.3 Å². The fraction of sp³-hybridized carbons (Fsp3) is 0.259. The summed E-state index contributed by atoms with van der Waals surface area (Å²) in [5, 5.41) is 3.40. The Balaban J connectivity index is 2.04. The van der Waals surface area contributed by atoms with E-state index in [0.717, 1.165) is 21.7 Å². The van der Waals surface area contributed by atoms with E-state index >= 15 is 0 Å². The van der Waals surface area contributed by atoms with Gasteiger partial charge in [0.05, 0.1) is 11.9 Å². The second-order valence-electron chi connectivity index (χ2n) is 8.68. The van der Waals surface area contributed by atoms with Crippen LogP contribution in [0.5, 0.6) is 0 Å². The molecule has 3 rings (SSSR count). The Morgan fingerprint density at radius 1 is 0.973 bits per heavy atom. The van der Waals surface area contributed by atoms with Crippen LogP contribution in [0.4, 0.5) is 5.69 Å². The molecule has 7 nitrogen and oxygen atoms in total. The van der Waals surface area contributed by atoms with Crippen molar-refractivity contribution in [1.29, 1.82) is 0 Å². The van der Waals surface area contributed by atoms with Gasteiger partial charge in [0.15, 0.2) is 0 Å². The minimum Gasteiger partial charge on any atom is -0.357 e. The number of nitrogens with one attached hydrogen (secondary N) is 1. The lowest BCUT2D eigenvalue weighted by molar-refractivity contribution is -0.139. The largest absolute Gasteiger partial charge is 0.357 e. The van der Waals surface area contributed by atoms with Crippen molar-refractivity contribution in [2.24, 2.45) is 0 Å². The third-order valence-electron chi connectivity index (χ3n) is 5.87. The summed E-state index contributed by atoms with van der Waals surface area (Å²) in [6.07, 6.45) is 1.27. The lowest BCUT2D eigenvalue weighted by Crippen LogP contribution is -2.52. The van der Waals surface area contributed by atoms with Gasteiger partial charge in [0, 0.05) is 30.1 Å². The van der Waals surface area contributed by atoms with Crippen molar-refractivity contribution < 1.29 is 18.0 Å². The van der Waals surface area contributed by atoms with Crippen LogP contribution in [0.25, 0.3) is 0 Å². The highest BCUT2D eigenvalue weighted by molar-refractivity contribution is 7.92. The Labute approximate surface area is 228 Å². The van der Waals surface area contributed by atoms with E-state index < -0.39 is 28.5 Å². The van der Waals surface area contributed by atoms with Crippen LogP contribution < -0.4 is 9.62 Å². The number of rotatable bonds is 10. The van der Waals surface area contributed by atoms with Crippen molar-refractivity contribution in [2.45, 2.75) is 25.9 Å². The van der Waals surface area contributed by atoms with Crippen LogP contribution in [0.1, 0.15) is 16.7 Å². The summed E-state index contributed by atoms with van der Waals surface area (Å²) in [5.74, 6) is -0.940. The second-order valence-corrected chi connectivity index (χ2v) is 11.4. The number of aryl methyl sites for hydroxylation is 1. The monoisotopic (exact) mass is 561 g/mol. The summed E-state index contributed by atoms with van der Waals surface area (Å²) >= 11 is 12.5. The Morgan fingerprint density at radius 3 is 2.19 bits per heavy atom. The maximum atomic E-state index is 13.8. The number of sulfonamides is 1. The first kappa shape index (κ1) is 28.5. The Bertz CT molecular complexity index is 1350. The number of amides is 2. The van der Waals surface area contributed by atoms with Crippen LogP contribution >= 0.6 is 23.2 Å². The van der Waals surface area contributed by atoms with Crippen molar-refractivity contribution in [1.82, 2.24) is 10.2 Å². The average molecular weight is 563 g/mol. The first-order valence-electron chi connectivity index (χ1n) is 11.5. The molecule has 0 heterocycles. The number of anilines is 1. The molecule has 0 bridgehead atoms. The van der Waals surface area contributed by atoms with Crippen LogP contribution in [0.3, 0.4) is 0 Å². The molecule has 0 fully saturated rings. The summed E-state index contributed by atoms with van der Waals surface area (Å²) < 4.78 is 26.5. The van der Waals surface area contributed by atoms with E-state index in [1.54, 1.807) is 42.5 Å². The molecule has 1 atom stereocenters. The van der Waals surface area contributed by atoms with Gasteiger partial charge >= 0.3 is 0 Å². The highest BCUT2D eigenvalue weighted by Gasteiger charge is 2.33. The number of hydrogen-bond donors (Lipinski definition) is 1. The topological polar surface area (TPSA) is 86.8 Å². The summed E-state index contributed by atoms with van der Waals surface area (Å²) in [7, 11) is -2.32. The summed E-state index contributed by atoms with van der Waals surface area (Å²) in [5.41, 5.74) is 2.72. The van der Waals surface area contributed by atoms with E-state index in [4.69, 9.17) is 23.2 Å². The number of benzene rings is 3. The van der Waals surface area contributed by atoms with Crippen LogP contribution in [-0.2, 0) is 32.6 Å². The number of carbonyl (C=O) groups is 2. The standard InChI is InChI=1S/C27H29Cl2N3O4S/c1-19-9-13-23(14-10-19)32(37(3,35)36)18-26(33)31(17-21-11-12-22(28)16-24(21)29)25(27(34)30-2)15-20-7-5-4-6-8-20/h4-14,16,25H,15,17-18H2,1-3H3,(H,30,34)/t25-/m1/s1. The molecular formula is C27H29Cl2N3O4S. The Kier molecular flexibility index (Phi) is 9.59. The zero-order valence-corrected chi connectivity index (χ0v) is 23.1. The number of carbonyl (C=O) groups excluding carboxylic acids is 2. The predicted molar refractivity (Wildman–Crippen MR) is 148 cm³/mol. The number of nitrogens with zero attached hydrogens (tertiary/aromatic N) is 2. The lowest BCUT2D eigenvalue weighted by atomic mass is 10.0. The molecule has 0 aliphatic heterocycles. The average Bonchev–Trinajstić information content (AvgIpc) is 2.86. The van der Waals surface area contributed by atoms with E-state index in [-0.39, 0.29) is 18.9 Å². The summed E-state index contributed by atoms with van der Waals surface area (Å²) in [6, 6.07) is 20.1. The zero-order valence-electron chi connectivity index (χ0n) is 20.8. The lowest BCUT2D eigenvalue weighted by Gasteiger charge is -2.33. The van der Waals surface area contributed by atoms with E-state index in [2.05, 4.69) is 5.32 Å². The van der Waals surface area contributed by atoms with Gasteiger partial charge in [-0.1, -0.05) is 77.3 Å². The molecule has 2 amide bonds. The molecular weight excluding hydrogens is 533 g/mol. The maximum Gasteiger partial charge on any atom is 0.244 e. The zero-order chi connectivity index (χ0) is 27.2. The molecule has 0 aliphatic carbocycles. The Hall–Kier alpha value is -3.07. The molecule has 3 aromatic carbocycles. The van der Waals surface area contributed by atoms with E-state index in [9.17, 15) is 18.0 Å². The molecule has 0 unspecified atom stereocenters. The van der Waals surface area contributed by atoms with Crippen molar-refractivity contribution in [2.75, 3.05) is 24.2 Å². The summed E-state index contributed by atoms with van der Waals surface area (Å²) in [6.45, 7) is 1.37. The minimum absolute atomic E-state index is 0.0226. The van der Waals surface area contributed by atoms with Crippen molar-refractivity contribution in [3.63, 3.8) is 0 Å². The maximum absolute atomic E-state index is 13.8. The van der Waals surface area contributed by atoms with E-state index in [1.165, 1.54) is 11.9 Å². The molecule has 1 N–H and O–H groups in total. The first-order valence-corrected chi connectivity index (χ1v) is 14.1. The molecule has 0 saturated heterocycles. The highest BCUT2D eigenvalue weighted by atomic mass is 35.5. The van der Waals surface area contributed by atoms with Gasteiger partial charge in [0.25, 0.3) is 0 Å². The second kappa shape index (κ2) is 12.4. The highest BCUT2D eigenvalue weighted by Crippen LogP contribution is 2.25. The van der Waals surface area contributed by atoms with Crippen LogP contribution in [0.2, 0.25) is 10.0 Å². The van der Waals surface area contributed by atoms with E-state index in [0.29, 0.717) is 21.3 Å². The molecule has 0 aliphatic rings. The molecule has 196 valence electrons. The third-order valence-corrected chi connectivity index (χ3v) is 7.60.